The van der Waals surface area contributed by atoms with E-state index in [1.807, 2.05) is 29.8 Å². The second-order valence-electron chi connectivity index (χ2n) is 4.20. The zero-order chi connectivity index (χ0) is 14.3. The standard InChI is InChI=1S/C7H7ClO.C6H13NOP2.CH4/c1-9-7-4-2-3-6(8)5-7;1-5-3-4-7(6(5)8)10-9-2;/h2-5H,1H3;5,9-10H,3-4H2,1-2H3;1H4. The first-order valence-corrected chi connectivity index (χ1v) is 9.94. The molecule has 0 spiro atoms. The molecule has 0 bridgehead atoms. The van der Waals surface area contributed by atoms with Gasteiger partial charge in [0.15, 0.2) is 0 Å². The fraction of sp³-hybridized carbons (Fsp3) is 0.500. The van der Waals surface area contributed by atoms with Crippen molar-refractivity contribution in [1.82, 2.24) is 4.67 Å². The maximum absolute atomic E-state index is 11.2. The molecule has 1 aromatic carbocycles. The van der Waals surface area contributed by atoms with E-state index in [0.717, 1.165) is 35.4 Å². The lowest BCUT2D eigenvalue weighted by atomic mass is 10.1. The molecule has 0 saturated carbocycles. The van der Waals surface area contributed by atoms with Gasteiger partial charge in [0.2, 0.25) is 5.91 Å². The predicted octanol–water partition coefficient (Wildman–Crippen LogP) is 4.66. The molecule has 1 aromatic rings. The van der Waals surface area contributed by atoms with E-state index in [0.29, 0.717) is 16.8 Å². The molecule has 3 atom stereocenters. The number of carbonyl (C=O) groups is 1. The number of amides is 1. The maximum atomic E-state index is 11.2. The van der Waals surface area contributed by atoms with Crippen LogP contribution in [0.4, 0.5) is 0 Å². The van der Waals surface area contributed by atoms with E-state index in [1.54, 1.807) is 13.2 Å². The van der Waals surface area contributed by atoms with Gasteiger partial charge in [0.05, 0.1) is 7.11 Å². The van der Waals surface area contributed by atoms with Gasteiger partial charge in [-0.3, -0.25) is 4.79 Å². The van der Waals surface area contributed by atoms with Crippen LogP contribution in [0.3, 0.4) is 0 Å². The molecule has 1 saturated heterocycles. The number of rotatable bonds is 3. The number of hydrogen-bond acceptors (Lipinski definition) is 2. The van der Waals surface area contributed by atoms with E-state index in [2.05, 4.69) is 6.66 Å². The van der Waals surface area contributed by atoms with Gasteiger partial charge in [-0.15, -0.1) is 0 Å². The Balaban J connectivity index is 0.000000345. The van der Waals surface area contributed by atoms with Crippen LogP contribution >= 0.6 is 28.3 Å². The third-order valence-corrected chi connectivity index (χ3v) is 5.41. The van der Waals surface area contributed by atoms with Crippen molar-refractivity contribution in [2.45, 2.75) is 20.8 Å². The molecular formula is C14H24ClNO2P2. The van der Waals surface area contributed by atoms with Gasteiger partial charge in [0, 0.05) is 25.9 Å². The van der Waals surface area contributed by atoms with Crippen LogP contribution in [-0.4, -0.2) is 30.9 Å². The zero-order valence-electron chi connectivity index (χ0n) is 11.4. The van der Waals surface area contributed by atoms with Crippen molar-refractivity contribution in [3.05, 3.63) is 29.3 Å². The van der Waals surface area contributed by atoms with Gasteiger partial charge in [-0.2, -0.15) is 0 Å². The number of halogens is 1. The molecule has 114 valence electrons. The molecule has 0 aromatic heterocycles. The molecule has 2 rings (SSSR count). The van der Waals surface area contributed by atoms with E-state index < -0.39 is 0 Å². The largest absolute Gasteiger partial charge is 0.497 e. The van der Waals surface area contributed by atoms with Crippen LogP contribution < -0.4 is 4.74 Å². The summed E-state index contributed by atoms with van der Waals surface area (Å²) >= 11 is 5.64. The molecule has 6 heteroatoms. The van der Waals surface area contributed by atoms with Crippen LogP contribution in [0, 0.1) is 5.92 Å². The smallest absolute Gasteiger partial charge is 0.228 e. The summed E-state index contributed by atoms with van der Waals surface area (Å²) in [5.74, 6) is 1.46. The SMILES string of the molecule is C.COc1cccc(Cl)c1.CPPN1CCC(C)C1=O. The second-order valence-corrected chi connectivity index (χ2v) is 8.07. The minimum atomic E-state index is 0. The van der Waals surface area contributed by atoms with E-state index in [-0.39, 0.29) is 7.43 Å². The van der Waals surface area contributed by atoms with Crippen LogP contribution in [0.2, 0.25) is 5.02 Å². The summed E-state index contributed by atoms with van der Waals surface area (Å²) in [6.07, 6.45) is 1.07. The molecule has 20 heavy (non-hydrogen) atoms. The van der Waals surface area contributed by atoms with Crippen LogP contribution in [0.5, 0.6) is 5.75 Å². The lowest BCUT2D eigenvalue weighted by Gasteiger charge is -2.13. The molecule has 1 amide bonds. The molecule has 0 N–H and O–H groups in total. The Labute approximate surface area is 130 Å². The fourth-order valence-corrected chi connectivity index (χ4v) is 4.16. The monoisotopic (exact) mass is 335 g/mol. The Bertz CT molecular complexity index is 416. The Morgan fingerprint density at radius 3 is 2.55 bits per heavy atom. The summed E-state index contributed by atoms with van der Waals surface area (Å²) in [7, 11) is 3.26. The minimum absolute atomic E-state index is 0. The fourth-order valence-electron chi connectivity index (χ4n) is 1.66. The molecule has 3 unspecified atom stereocenters. The molecule has 0 radical (unpaired) electrons. The number of methoxy groups -OCH3 is 1. The number of hydrogen-bond donors (Lipinski definition) is 0. The first-order valence-electron chi connectivity index (χ1n) is 6.11. The van der Waals surface area contributed by atoms with Gasteiger partial charge in [-0.25, -0.2) is 0 Å². The first-order chi connectivity index (χ1) is 9.08. The highest BCUT2D eigenvalue weighted by Crippen LogP contribution is 2.40. The summed E-state index contributed by atoms with van der Waals surface area (Å²) in [4.78, 5) is 11.2. The summed E-state index contributed by atoms with van der Waals surface area (Å²) in [6.45, 7) is 5.17. The van der Waals surface area contributed by atoms with Crippen molar-refractivity contribution >= 4 is 34.2 Å². The summed E-state index contributed by atoms with van der Waals surface area (Å²) < 4.78 is 6.91. The van der Waals surface area contributed by atoms with Crippen LogP contribution in [0.15, 0.2) is 24.3 Å². The van der Waals surface area contributed by atoms with Gasteiger partial charge < -0.3 is 9.41 Å². The van der Waals surface area contributed by atoms with Gasteiger partial charge in [-0.1, -0.05) is 40.3 Å². The minimum Gasteiger partial charge on any atom is -0.497 e. The molecular weight excluding hydrogens is 312 g/mol. The quantitative estimate of drug-likeness (QED) is 0.752. The Morgan fingerprint density at radius 2 is 2.15 bits per heavy atom. The number of nitrogens with zero attached hydrogens (tertiary/aromatic N) is 1. The summed E-state index contributed by atoms with van der Waals surface area (Å²) in [5, 5.41) is 0.703. The topological polar surface area (TPSA) is 29.5 Å². The van der Waals surface area contributed by atoms with Gasteiger partial charge in [0.25, 0.3) is 0 Å². The number of ether oxygens (including phenoxy) is 1. The highest BCUT2D eigenvalue weighted by Gasteiger charge is 2.26. The lowest BCUT2D eigenvalue weighted by molar-refractivity contribution is -0.126. The van der Waals surface area contributed by atoms with Gasteiger partial charge in [-0.05, 0) is 31.3 Å². The van der Waals surface area contributed by atoms with Gasteiger partial charge >= 0.3 is 0 Å². The van der Waals surface area contributed by atoms with E-state index in [1.165, 1.54) is 0 Å². The first kappa shape index (κ1) is 19.6. The van der Waals surface area contributed by atoms with Crippen molar-refractivity contribution in [3.8, 4) is 5.75 Å². The predicted molar refractivity (Wildman–Crippen MR) is 92.8 cm³/mol. The van der Waals surface area contributed by atoms with Crippen molar-refractivity contribution in [2.24, 2.45) is 5.92 Å². The third-order valence-electron chi connectivity index (χ3n) is 2.75. The molecule has 0 aliphatic carbocycles. The Morgan fingerprint density at radius 1 is 1.45 bits per heavy atom. The molecule has 3 nitrogen and oxygen atoms in total. The van der Waals surface area contributed by atoms with E-state index >= 15 is 0 Å². The van der Waals surface area contributed by atoms with Crippen LogP contribution in [0.1, 0.15) is 20.8 Å². The van der Waals surface area contributed by atoms with Crippen molar-refractivity contribution < 1.29 is 9.53 Å². The lowest BCUT2D eigenvalue weighted by Crippen LogP contribution is -2.16. The summed E-state index contributed by atoms with van der Waals surface area (Å²) in [6, 6.07) is 7.28. The van der Waals surface area contributed by atoms with Crippen molar-refractivity contribution in [3.63, 3.8) is 0 Å². The number of carbonyl (C=O) groups excluding carboxylic acids is 1. The maximum Gasteiger partial charge on any atom is 0.228 e. The molecule has 1 fully saturated rings. The van der Waals surface area contributed by atoms with Crippen LogP contribution in [-0.2, 0) is 4.79 Å². The zero-order valence-corrected chi connectivity index (χ0v) is 14.2. The van der Waals surface area contributed by atoms with E-state index in [9.17, 15) is 4.79 Å². The normalized spacial score (nSPS) is 18.3. The summed E-state index contributed by atoms with van der Waals surface area (Å²) in [5.41, 5.74) is 0. The third kappa shape index (κ3) is 6.39. The van der Waals surface area contributed by atoms with Gasteiger partial charge in [0.1, 0.15) is 5.75 Å². The highest BCUT2D eigenvalue weighted by molar-refractivity contribution is 8.10. The number of benzene rings is 1. The second kappa shape index (κ2) is 10.4. The van der Waals surface area contributed by atoms with Crippen molar-refractivity contribution in [2.75, 3.05) is 20.3 Å². The molecule has 1 aliphatic heterocycles. The molecule has 1 heterocycles. The average Bonchev–Trinajstić information content (AvgIpc) is 2.72. The van der Waals surface area contributed by atoms with E-state index in [4.69, 9.17) is 16.3 Å². The van der Waals surface area contributed by atoms with Crippen molar-refractivity contribution in [1.29, 1.82) is 0 Å². The molecule has 1 aliphatic rings. The average molecular weight is 336 g/mol. The Hall–Kier alpha value is -0.360. The Kier molecular flexibility index (Phi) is 10.2. The highest BCUT2D eigenvalue weighted by atomic mass is 35.5. The van der Waals surface area contributed by atoms with Crippen LogP contribution in [0.25, 0.3) is 0 Å².